The van der Waals surface area contributed by atoms with Crippen LogP contribution in [-0.2, 0) is 17.1 Å². The highest BCUT2D eigenvalue weighted by Crippen LogP contribution is 2.27. The van der Waals surface area contributed by atoms with Crippen molar-refractivity contribution < 1.29 is 19.0 Å². The summed E-state index contributed by atoms with van der Waals surface area (Å²) in [5, 5.41) is 0. The number of aryl methyl sites for hydroxylation is 2. The summed E-state index contributed by atoms with van der Waals surface area (Å²) in [4.78, 5) is 11.4. The molecule has 0 amide bonds. The normalized spacial score (nSPS) is 10.3. The molecular weight excluding hydrogens is 312 g/mol. The molecule has 2 rings (SSSR count). The molecule has 4 nitrogen and oxygen atoms in total. The fraction of sp³-hybridized carbons (Fsp3) is 0.278. The van der Waals surface area contributed by atoms with Gasteiger partial charge in [-0.25, -0.2) is 4.79 Å². The molecule has 0 aliphatic rings. The van der Waals surface area contributed by atoms with E-state index >= 15 is 0 Å². The zero-order chi connectivity index (χ0) is 16.8. The van der Waals surface area contributed by atoms with Crippen LogP contribution in [0.1, 0.15) is 22.3 Å². The molecule has 0 aromatic heterocycles. The number of rotatable bonds is 5. The van der Waals surface area contributed by atoms with Crippen LogP contribution in [0.3, 0.4) is 0 Å². The summed E-state index contributed by atoms with van der Waals surface area (Å²) >= 11 is 4.33. The molecule has 5 heteroatoms. The molecule has 0 heterocycles. The van der Waals surface area contributed by atoms with Crippen LogP contribution < -0.4 is 9.47 Å². The summed E-state index contributed by atoms with van der Waals surface area (Å²) in [7, 11) is 1.27. The summed E-state index contributed by atoms with van der Waals surface area (Å²) in [6.45, 7) is 4.32. The molecule has 122 valence electrons. The summed E-state index contributed by atoms with van der Waals surface area (Å²) < 4.78 is 15.7. The standard InChI is InChI=1S/C18H20O4S/c1-12-7-8-16(13(2)9-12)21-10-15-14(11-23)5-4-6-17(15)22-18(19)20-3/h4-9,23H,10-11H2,1-3H3. The second kappa shape index (κ2) is 7.92. The molecular formula is C18H20O4S. The van der Waals surface area contributed by atoms with Crippen molar-refractivity contribution in [3.05, 3.63) is 58.7 Å². The molecule has 0 aliphatic carbocycles. The third-order valence-corrected chi connectivity index (χ3v) is 3.80. The van der Waals surface area contributed by atoms with E-state index in [1.165, 1.54) is 12.7 Å². The van der Waals surface area contributed by atoms with Crippen molar-refractivity contribution in [2.45, 2.75) is 26.2 Å². The van der Waals surface area contributed by atoms with Gasteiger partial charge in [0.2, 0.25) is 0 Å². The molecule has 2 aromatic carbocycles. The van der Waals surface area contributed by atoms with Crippen LogP contribution in [0.15, 0.2) is 36.4 Å². The van der Waals surface area contributed by atoms with Crippen molar-refractivity contribution in [3.63, 3.8) is 0 Å². The number of hydrogen-bond acceptors (Lipinski definition) is 5. The lowest BCUT2D eigenvalue weighted by molar-refractivity contribution is 0.120. The van der Waals surface area contributed by atoms with Gasteiger partial charge in [0.15, 0.2) is 0 Å². The maximum absolute atomic E-state index is 11.4. The lowest BCUT2D eigenvalue weighted by atomic mass is 10.1. The molecule has 0 radical (unpaired) electrons. The molecule has 0 fully saturated rings. The zero-order valence-corrected chi connectivity index (χ0v) is 14.4. The van der Waals surface area contributed by atoms with Crippen LogP contribution >= 0.6 is 12.6 Å². The van der Waals surface area contributed by atoms with Crippen LogP contribution in [0.25, 0.3) is 0 Å². The van der Waals surface area contributed by atoms with E-state index in [2.05, 4.69) is 23.4 Å². The molecule has 0 atom stereocenters. The minimum Gasteiger partial charge on any atom is -0.488 e. The van der Waals surface area contributed by atoms with Crippen LogP contribution in [0.5, 0.6) is 11.5 Å². The zero-order valence-electron chi connectivity index (χ0n) is 13.5. The third-order valence-electron chi connectivity index (χ3n) is 3.46. The Hall–Kier alpha value is -2.14. The van der Waals surface area contributed by atoms with Gasteiger partial charge in [0, 0.05) is 11.3 Å². The average Bonchev–Trinajstić information content (AvgIpc) is 2.54. The summed E-state index contributed by atoms with van der Waals surface area (Å²) in [6, 6.07) is 11.5. The van der Waals surface area contributed by atoms with Crippen LogP contribution in [0.2, 0.25) is 0 Å². The van der Waals surface area contributed by atoms with Gasteiger partial charge in [-0.2, -0.15) is 12.6 Å². The Labute approximate surface area is 141 Å². The predicted octanol–water partition coefficient (Wildman–Crippen LogP) is 4.46. The molecule has 0 unspecified atom stereocenters. The first-order chi connectivity index (χ1) is 11.0. The highest BCUT2D eigenvalue weighted by atomic mass is 32.1. The summed E-state index contributed by atoms with van der Waals surface area (Å²) in [5.41, 5.74) is 3.97. The van der Waals surface area contributed by atoms with Gasteiger partial charge in [-0.15, -0.1) is 0 Å². The number of benzene rings is 2. The lowest BCUT2D eigenvalue weighted by Crippen LogP contribution is -2.11. The molecule has 0 saturated heterocycles. The molecule has 0 N–H and O–H groups in total. The number of carbonyl (C=O) groups excluding carboxylic acids is 1. The van der Waals surface area contributed by atoms with E-state index in [0.717, 1.165) is 22.4 Å². The van der Waals surface area contributed by atoms with Gasteiger partial charge in [-0.3, -0.25) is 0 Å². The SMILES string of the molecule is COC(=O)Oc1cccc(CS)c1COc1ccc(C)cc1C. The molecule has 0 spiro atoms. The van der Waals surface area contributed by atoms with Crippen LogP contribution in [0, 0.1) is 13.8 Å². The van der Waals surface area contributed by atoms with Crippen molar-refractivity contribution in [1.82, 2.24) is 0 Å². The largest absolute Gasteiger partial charge is 0.513 e. The first-order valence-corrected chi connectivity index (χ1v) is 7.86. The summed E-state index contributed by atoms with van der Waals surface area (Å²) in [5.74, 6) is 1.74. The van der Waals surface area contributed by atoms with Crippen LogP contribution in [0.4, 0.5) is 4.79 Å². The second-order valence-electron chi connectivity index (χ2n) is 5.17. The summed E-state index contributed by atoms with van der Waals surface area (Å²) in [6.07, 6.45) is -0.755. The fourth-order valence-electron chi connectivity index (χ4n) is 2.26. The molecule has 23 heavy (non-hydrogen) atoms. The monoisotopic (exact) mass is 332 g/mol. The van der Waals surface area contributed by atoms with Gasteiger partial charge in [-0.05, 0) is 37.1 Å². The number of hydrogen-bond donors (Lipinski definition) is 1. The van der Waals surface area contributed by atoms with E-state index < -0.39 is 6.16 Å². The van der Waals surface area contributed by atoms with Crippen molar-refractivity contribution in [1.29, 1.82) is 0 Å². The van der Waals surface area contributed by atoms with E-state index in [1.807, 2.05) is 38.1 Å². The van der Waals surface area contributed by atoms with Gasteiger partial charge in [0.25, 0.3) is 0 Å². The first-order valence-electron chi connectivity index (χ1n) is 7.22. The van der Waals surface area contributed by atoms with Crippen molar-refractivity contribution in [2.75, 3.05) is 7.11 Å². The van der Waals surface area contributed by atoms with Crippen molar-refractivity contribution >= 4 is 18.8 Å². The molecule has 0 saturated carbocycles. The van der Waals surface area contributed by atoms with Gasteiger partial charge in [0.1, 0.15) is 18.1 Å². The minimum absolute atomic E-state index is 0.285. The van der Waals surface area contributed by atoms with Gasteiger partial charge >= 0.3 is 6.16 Å². The lowest BCUT2D eigenvalue weighted by Gasteiger charge is -2.15. The number of thiol groups is 1. The average molecular weight is 332 g/mol. The van der Waals surface area contributed by atoms with Gasteiger partial charge in [-0.1, -0.05) is 29.8 Å². The third kappa shape index (κ3) is 4.42. The van der Waals surface area contributed by atoms with E-state index in [0.29, 0.717) is 11.5 Å². The molecule has 0 aliphatic heterocycles. The Bertz CT molecular complexity index is 697. The highest BCUT2D eigenvalue weighted by Gasteiger charge is 2.14. The van der Waals surface area contributed by atoms with E-state index in [-0.39, 0.29) is 6.61 Å². The fourth-order valence-corrected chi connectivity index (χ4v) is 2.56. The molecule has 0 bridgehead atoms. The Morgan fingerprint density at radius 1 is 1.13 bits per heavy atom. The van der Waals surface area contributed by atoms with Gasteiger partial charge in [0.05, 0.1) is 7.11 Å². The maximum atomic E-state index is 11.4. The van der Waals surface area contributed by atoms with Crippen molar-refractivity contribution in [3.8, 4) is 11.5 Å². The Morgan fingerprint density at radius 3 is 2.57 bits per heavy atom. The maximum Gasteiger partial charge on any atom is 0.513 e. The Balaban J connectivity index is 2.24. The van der Waals surface area contributed by atoms with E-state index in [4.69, 9.17) is 9.47 Å². The quantitative estimate of drug-likeness (QED) is 0.499. The van der Waals surface area contributed by atoms with E-state index in [9.17, 15) is 4.79 Å². The first kappa shape index (κ1) is 17.2. The Morgan fingerprint density at radius 2 is 1.91 bits per heavy atom. The minimum atomic E-state index is -0.755. The highest BCUT2D eigenvalue weighted by molar-refractivity contribution is 7.79. The number of methoxy groups -OCH3 is 1. The smallest absolute Gasteiger partial charge is 0.488 e. The molecule has 2 aromatic rings. The second-order valence-corrected chi connectivity index (χ2v) is 5.48. The topological polar surface area (TPSA) is 44.8 Å². The predicted molar refractivity (Wildman–Crippen MR) is 92.4 cm³/mol. The van der Waals surface area contributed by atoms with Crippen LogP contribution in [-0.4, -0.2) is 13.3 Å². The number of ether oxygens (including phenoxy) is 3. The van der Waals surface area contributed by atoms with E-state index in [1.54, 1.807) is 6.07 Å². The van der Waals surface area contributed by atoms with Crippen molar-refractivity contribution in [2.24, 2.45) is 0 Å². The van der Waals surface area contributed by atoms with Gasteiger partial charge < -0.3 is 14.2 Å². The number of carbonyl (C=O) groups is 1. The Kier molecular flexibility index (Phi) is 5.93.